The molecule has 3 rings (SSSR count). The monoisotopic (exact) mass is 496 g/mol. The van der Waals surface area contributed by atoms with E-state index < -0.39 is 6.10 Å². The summed E-state index contributed by atoms with van der Waals surface area (Å²) >= 11 is 0. The highest BCUT2D eigenvalue weighted by molar-refractivity contribution is 5.69. The molecule has 0 aromatic rings. The summed E-state index contributed by atoms with van der Waals surface area (Å²) in [6.45, 7) is 18.1. The normalized spacial score (nSPS) is 34.9. The molecule has 0 amide bonds. The molecule has 3 nitrogen and oxygen atoms in total. The molecule has 0 aromatic heterocycles. The largest absolute Gasteiger partial charge is 0.462 e. The highest BCUT2D eigenvalue weighted by Crippen LogP contribution is 2.59. The molecule has 3 heteroatoms. The van der Waals surface area contributed by atoms with E-state index in [9.17, 15) is 9.90 Å². The van der Waals surface area contributed by atoms with Gasteiger partial charge < -0.3 is 9.84 Å². The van der Waals surface area contributed by atoms with Crippen molar-refractivity contribution in [2.75, 3.05) is 0 Å². The minimum absolute atomic E-state index is 0.148. The van der Waals surface area contributed by atoms with E-state index in [2.05, 4.69) is 72.4 Å². The highest BCUT2D eigenvalue weighted by atomic mass is 16.5. The summed E-state index contributed by atoms with van der Waals surface area (Å²) in [5, 5.41) is 10.6. The second-order valence-electron chi connectivity index (χ2n) is 12.6. The summed E-state index contributed by atoms with van der Waals surface area (Å²) in [5.41, 5.74) is 3.74. The van der Waals surface area contributed by atoms with Gasteiger partial charge in [0, 0.05) is 19.3 Å². The lowest BCUT2D eigenvalue weighted by molar-refractivity contribution is -0.150. The lowest BCUT2D eigenvalue weighted by Gasteiger charge is -2.44. The second kappa shape index (κ2) is 12.8. The van der Waals surface area contributed by atoms with Crippen LogP contribution < -0.4 is 0 Å². The van der Waals surface area contributed by atoms with Gasteiger partial charge in [0.2, 0.25) is 0 Å². The third-order valence-corrected chi connectivity index (χ3v) is 9.72. The van der Waals surface area contributed by atoms with Crippen LogP contribution in [-0.2, 0) is 9.53 Å². The van der Waals surface area contributed by atoms with Gasteiger partial charge in [-0.1, -0.05) is 84.4 Å². The first-order valence-electron chi connectivity index (χ1n) is 14.7. The van der Waals surface area contributed by atoms with E-state index in [1.165, 1.54) is 25.7 Å². The number of rotatable bonds is 9. The van der Waals surface area contributed by atoms with Crippen molar-refractivity contribution in [1.82, 2.24) is 0 Å². The molecule has 3 aliphatic rings. The fourth-order valence-corrected chi connectivity index (χ4v) is 6.95. The minimum Gasteiger partial charge on any atom is -0.462 e. The zero-order valence-electron chi connectivity index (χ0n) is 23.9. The van der Waals surface area contributed by atoms with Crippen LogP contribution in [0.25, 0.3) is 0 Å². The minimum atomic E-state index is -0.638. The summed E-state index contributed by atoms with van der Waals surface area (Å²) in [6, 6.07) is 0. The lowest BCUT2D eigenvalue weighted by atomic mass is 9.61. The molecular weight excluding hydrogens is 444 g/mol. The number of aliphatic hydroxyl groups is 1. The van der Waals surface area contributed by atoms with Crippen molar-refractivity contribution in [1.29, 1.82) is 0 Å². The van der Waals surface area contributed by atoms with E-state index in [-0.39, 0.29) is 12.1 Å². The standard InChI is InChI=1S/C33H52O3/c1-8-9-12-32(35)36-28-20-27(25(6)31(34)21-28)16-15-26-11-10-19-33(7)29(17-18-30(26)33)24(5)14-13-23(4)22(2)3/h13-16,22-24,28-31,34H,6,8-12,17-21H2,1-5,7H3/b14-13+,26-15-,27-16-/t23-,24+,28?,29+,30-,31+,33+/m0/s1. The molecule has 0 saturated heterocycles. The molecule has 3 aliphatic carbocycles. The Bertz CT molecular complexity index is 862. The molecule has 3 fully saturated rings. The molecule has 1 unspecified atom stereocenters. The molecule has 3 saturated carbocycles. The Balaban J connectivity index is 1.72. The van der Waals surface area contributed by atoms with Crippen LogP contribution in [0.15, 0.2) is 47.6 Å². The van der Waals surface area contributed by atoms with Crippen LogP contribution in [0.3, 0.4) is 0 Å². The van der Waals surface area contributed by atoms with Gasteiger partial charge in [-0.2, -0.15) is 0 Å². The maximum atomic E-state index is 12.2. The van der Waals surface area contributed by atoms with Gasteiger partial charge in [0.15, 0.2) is 0 Å². The van der Waals surface area contributed by atoms with Crippen LogP contribution in [-0.4, -0.2) is 23.3 Å². The number of allylic oxidation sites excluding steroid dienone is 5. The Labute approximate surface area is 221 Å². The zero-order chi connectivity index (χ0) is 26.5. The number of hydrogen-bond donors (Lipinski definition) is 1. The van der Waals surface area contributed by atoms with Crippen LogP contribution in [0.4, 0.5) is 0 Å². The molecule has 36 heavy (non-hydrogen) atoms. The predicted molar refractivity (Wildman–Crippen MR) is 150 cm³/mol. The van der Waals surface area contributed by atoms with Gasteiger partial charge in [-0.3, -0.25) is 4.79 Å². The number of carbonyl (C=O) groups is 1. The van der Waals surface area contributed by atoms with Crippen LogP contribution in [0.5, 0.6) is 0 Å². The molecule has 0 radical (unpaired) electrons. The number of fused-ring (bicyclic) bond motifs is 1. The van der Waals surface area contributed by atoms with Gasteiger partial charge in [-0.25, -0.2) is 0 Å². The first-order valence-corrected chi connectivity index (χ1v) is 14.7. The van der Waals surface area contributed by atoms with E-state index in [4.69, 9.17) is 4.74 Å². The Morgan fingerprint density at radius 3 is 2.64 bits per heavy atom. The van der Waals surface area contributed by atoms with E-state index in [0.717, 1.165) is 36.3 Å². The van der Waals surface area contributed by atoms with Gasteiger partial charge >= 0.3 is 5.97 Å². The summed E-state index contributed by atoms with van der Waals surface area (Å²) in [6.07, 6.45) is 18.3. The number of esters is 1. The predicted octanol–water partition coefficient (Wildman–Crippen LogP) is 8.35. The summed E-state index contributed by atoms with van der Waals surface area (Å²) in [5.74, 6) is 3.13. The van der Waals surface area contributed by atoms with E-state index in [1.807, 2.05) is 0 Å². The molecule has 0 aliphatic heterocycles. The number of carbonyl (C=O) groups excluding carboxylic acids is 1. The highest BCUT2D eigenvalue weighted by Gasteiger charge is 2.50. The van der Waals surface area contributed by atoms with Crippen molar-refractivity contribution in [3.63, 3.8) is 0 Å². The average molecular weight is 497 g/mol. The Kier molecular flexibility index (Phi) is 10.3. The van der Waals surface area contributed by atoms with Gasteiger partial charge in [0.1, 0.15) is 6.10 Å². The van der Waals surface area contributed by atoms with Crippen LogP contribution in [0.2, 0.25) is 0 Å². The zero-order valence-corrected chi connectivity index (χ0v) is 23.9. The van der Waals surface area contributed by atoms with Crippen molar-refractivity contribution in [2.45, 2.75) is 118 Å². The Morgan fingerprint density at radius 2 is 1.94 bits per heavy atom. The molecule has 0 bridgehead atoms. The first-order chi connectivity index (χ1) is 17.1. The molecular formula is C33H52O3. The van der Waals surface area contributed by atoms with E-state index in [0.29, 0.717) is 48.3 Å². The van der Waals surface area contributed by atoms with Crippen molar-refractivity contribution in [2.24, 2.45) is 35.0 Å². The van der Waals surface area contributed by atoms with E-state index >= 15 is 0 Å². The molecule has 1 N–H and O–H groups in total. The van der Waals surface area contributed by atoms with Crippen molar-refractivity contribution >= 4 is 5.97 Å². The molecule has 202 valence electrons. The summed E-state index contributed by atoms with van der Waals surface area (Å²) in [4.78, 5) is 12.2. The smallest absolute Gasteiger partial charge is 0.306 e. The number of unbranched alkanes of at least 4 members (excludes halogenated alkanes) is 1. The molecule has 7 atom stereocenters. The van der Waals surface area contributed by atoms with Crippen molar-refractivity contribution in [3.8, 4) is 0 Å². The third kappa shape index (κ3) is 6.82. The summed E-state index contributed by atoms with van der Waals surface area (Å²) < 4.78 is 5.71. The molecule has 0 spiro atoms. The Hall–Kier alpha value is -1.61. The second-order valence-corrected chi connectivity index (χ2v) is 12.6. The number of hydrogen-bond acceptors (Lipinski definition) is 3. The Morgan fingerprint density at radius 1 is 1.19 bits per heavy atom. The first kappa shape index (κ1) is 29.0. The van der Waals surface area contributed by atoms with E-state index in [1.54, 1.807) is 5.57 Å². The average Bonchev–Trinajstić information content (AvgIpc) is 3.19. The maximum absolute atomic E-state index is 12.2. The fraction of sp³-hybridized carbons (Fsp3) is 0.727. The maximum Gasteiger partial charge on any atom is 0.306 e. The topological polar surface area (TPSA) is 46.5 Å². The third-order valence-electron chi connectivity index (χ3n) is 9.72. The van der Waals surface area contributed by atoms with Crippen molar-refractivity contribution < 1.29 is 14.6 Å². The van der Waals surface area contributed by atoms with Crippen LogP contribution >= 0.6 is 0 Å². The van der Waals surface area contributed by atoms with Gasteiger partial charge in [-0.15, -0.1) is 0 Å². The SMILES string of the molecule is C=C1/C(=C\C=C2\CCC[C@]3(C)[C@@H]([C@H](C)/C=C/[C@H](C)C(C)C)CC[C@@H]23)CC(OC(=O)CCCC)C[C@H]1O. The number of aliphatic hydroxyl groups excluding tert-OH is 1. The molecule has 0 aromatic carbocycles. The fourth-order valence-electron chi connectivity index (χ4n) is 6.95. The quantitative estimate of drug-likeness (QED) is 0.258. The van der Waals surface area contributed by atoms with Crippen LogP contribution in [0, 0.1) is 35.0 Å². The van der Waals surface area contributed by atoms with Crippen molar-refractivity contribution in [3.05, 3.63) is 47.6 Å². The van der Waals surface area contributed by atoms with Gasteiger partial charge in [-0.05, 0) is 84.7 Å². The molecule has 0 heterocycles. The number of ether oxygens (including phenoxy) is 1. The van der Waals surface area contributed by atoms with Crippen LogP contribution in [0.1, 0.15) is 106 Å². The van der Waals surface area contributed by atoms with Gasteiger partial charge in [0.25, 0.3) is 0 Å². The summed E-state index contributed by atoms with van der Waals surface area (Å²) in [7, 11) is 0. The lowest BCUT2D eigenvalue weighted by Crippen LogP contribution is -2.35. The van der Waals surface area contributed by atoms with Gasteiger partial charge in [0.05, 0.1) is 6.10 Å².